The number of thiophene rings is 1. The summed E-state index contributed by atoms with van der Waals surface area (Å²) in [6.45, 7) is 1.80. The summed E-state index contributed by atoms with van der Waals surface area (Å²) in [5, 5.41) is 12.0. The van der Waals surface area contributed by atoms with Crippen molar-refractivity contribution >= 4 is 33.8 Å². The van der Waals surface area contributed by atoms with E-state index in [0.717, 1.165) is 0 Å². The van der Waals surface area contributed by atoms with E-state index >= 15 is 0 Å². The van der Waals surface area contributed by atoms with Crippen LogP contribution >= 0.6 is 22.9 Å². The number of rotatable bonds is 3. The second-order valence-electron chi connectivity index (χ2n) is 2.68. The van der Waals surface area contributed by atoms with Crippen molar-refractivity contribution < 1.29 is 4.79 Å². The van der Waals surface area contributed by atoms with E-state index in [1.807, 2.05) is 6.07 Å². The van der Waals surface area contributed by atoms with Crippen molar-refractivity contribution in [3.63, 3.8) is 0 Å². The Morgan fingerprint density at radius 1 is 1.79 bits per heavy atom. The Bertz CT molecular complexity index is 369. The molecule has 1 rings (SSSR count). The molecule has 1 heterocycles. The van der Waals surface area contributed by atoms with Crippen LogP contribution in [0.5, 0.6) is 0 Å². The molecule has 0 radical (unpaired) electrons. The van der Waals surface area contributed by atoms with E-state index in [4.69, 9.17) is 16.9 Å². The summed E-state index contributed by atoms with van der Waals surface area (Å²) in [5.74, 6) is -0.857. The van der Waals surface area contributed by atoms with Crippen LogP contribution in [-0.4, -0.2) is 5.91 Å². The van der Waals surface area contributed by atoms with Crippen LogP contribution in [-0.2, 0) is 4.79 Å². The van der Waals surface area contributed by atoms with Crippen LogP contribution in [0.2, 0.25) is 4.34 Å². The summed E-state index contributed by atoms with van der Waals surface area (Å²) in [7, 11) is 0. The summed E-state index contributed by atoms with van der Waals surface area (Å²) >= 11 is 6.97. The highest BCUT2D eigenvalue weighted by atomic mass is 35.5. The number of anilines is 1. The van der Waals surface area contributed by atoms with E-state index in [-0.39, 0.29) is 5.91 Å². The van der Waals surface area contributed by atoms with Crippen LogP contribution < -0.4 is 5.32 Å². The van der Waals surface area contributed by atoms with Gasteiger partial charge in [-0.3, -0.25) is 4.79 Å². The number of nitriles is 1. The molecule has 0 bridgehead atoms. The van der Waals surface area contributed by atoms with Gasteiger partial charge in [0, 0.05) is 0 Å². The molecule has 1 aromatic rings. The predicted molar refractivity (Wildman–Crippen MR) is 57.4 cm³/mol. The Morgan fingerprint density at radius 2 is 2.50 bits per heavy atom. The molecule has 3 nitrogen and oxygen atoms in total. The SMILES string of the molecule is CCC(C#N)C(=O)Nc1ccc(Cl)s1. The molecule has 0 aliphatic carbocycles. The first-order chi connectivity index (χ1) is 6.67. The molecule has 0 spiro atoms. The van der Waals surface area contributed by atoms with Gasteiger partial charge in [-0.1, -0.05) is 18.5 Å². The monoisotopic (exact) mass is 228 g/mol. The third kappa shape index (κ3) is 2.72. The van der Waals surface area contributed by atoms with E-state index in [0.29, 0.717) is 15.8 Å². The lowest BCUT2D eigenvalue weighted by molar-refractivity contribution is -0.118. The van der Waals surface area contributed by atoms with Crippen LogP contribution in [0.15, 0.2) is 12.1 Å². The fourth-order valence-electron chi connectivity index (χ4n) is 0.925. The van der Waals surface area contributed by atoms with E-state index in [1.165, 1.54) is 11.3 Å². The Morgan fingerprint density at radius 3 is 2.93 bits per heavy atom. The molecule has 1 atom stereocenters. The summed E-state index contributed by atoms with van der Waals surface area (Å²) in [5.41, 5.74) is 0. The van der Waals surface area contributed by atoms with Crippen molar-refractivity contribution in [3.8, 4) is 6.07 Å². The van der Waals surface area contributed by atoms with E-state index in [1.54, 1.807) is 19.1 Å². The lowest BCUT2D eigenvalue weighted by Gasteiger charge is -2.05. The molecule has 0 aliphatic heterocycles. The zero-order valence-corrected chi connectivity index (χ0v) is 9.15. The van der Waals surface area contributed by atoms with Gasteiger partial charge in [-0.2, -0.15) is 5.26 Å². The molecular weight excluding hydrogens is 220 g/mol. The molecule has 14 heavy (non-hydrogen) atoms. The van der Waals surface area contributed by atoms with Crippen LogP contribution in [0.3, 0.4) is 0 Å². The van der Waals surface area contributed by atoms with Crippen molar-refractivity contribution in [2.75, 3.05) is 5.32 Å². The second kappa shape index (κ2) is 4.99. The van der Waals surface area contributed by atoms with Gasteiger partial charge in [-0.15, -0.1) is 11.3 Å². The molecule has 1 amide bonds. The zero-order chi connectivity index (χ0) is 10.6. The first kappa shape index (κ1) is 11.0. The second-order valence-corrected chi connectivity index (χ2v) is 4.40. The minimum absolute atomic E-state index is 0.270. The quantitative estimate of drug-likeness (QED) is 0.865. The maximum absolute atomic E-state index is 11.4. The van der Waals surface area contributed by atoms with Gasteiger partial charge in [0.1, 0.15) is 5.92 Å². The smallest absolute Gasteiger partial charge is 0.242 e. The predicted octanol–water partition coefficient (Wildman–Crippen LogP) is 2.89. The minimum atomic E-state index is -0.587. The number of carbonyl (C=O) groups is 1. The van der Waals surface area contributed by atoms with Gasteiger partial charge in [-0.05, 0) is 18.6 Å². The largest absolute Gasteiger partial charge is 0.317 e. The Balaban J connectivity index is 2.62. The van der Waals surface area contributed by atoms with Crippen LogP contribution in [0.1, 0.15) is 13.3 Å². The van der Waals surface area contributed by atoms with Gasteiger partial charge < -0.3 is 5.32 Å². The van der Waals surface area contributed by atoms with Crippen molar-refractivity contribution in [1.29, 1.82) is 5.26 Å². The average molecular weight is 229 g/mol. The van der Waals surface area contributed by atoms with Crippen molar-refractivity contribution in [1.82, 2.24) is 0 Å². The van der Waals surface area contributed by atoms with Gasteiger partial charge in [0.15, 0.2) is 0 Å². The van der Waals surface area contributed by atoms with E-state index in [2.05, 4.69) is 5.32 Å². The fourth-order valence-corrected chi connectivity index (χ4v) is 1.87. The number of hydrogen-bond acceptors (Lipinski definition) is 3. The van der Waals surface area contributed by atoms with Gasteiger partial charge in [0.05, 0.1) is 15.4 Å². The summed E-state index contributed by atoms with van der Waals surface area (Å²) in [4.78, 5) is 11.4. The summed E-state index contributed by atoms with van der Waals surface area (Å²) < 4.78 is 0.616. The molecular formula is C9H9ClN2OS. The lowest BCUT2D eigenvalue weighted by Crippen LogP contribution is -2.20. The van der Waals surface area contributed by atoms with Gasteiger partial charge in [0.2, 0.25) is 5.91 Å². The Labute approximate surface area is 91.3 Å². The molecule has 0 aromatic carbocycles. The first-order valence-corrected chi connectivity index (χ1v) is 5.32. The number of amides is 1. The topological polar surface area (TPSA) is 52.9 Å². The summed E-state index contributed by atoms with van der Waals surface area (Å²) in [6, 6.07) is 5.36. The average Bonchev–Trinajstić information content (AvgIpc) is 2.53. The maximum Gasteiger partial charge on any atom is 0.242 e. The van der Waals surface area contributed by atoms with E-state index < -0.39 is 5.92 Å². The van der Waals surface area contributed by atoms with Crippen molar-refractivity contribution in [2.24, 2.45) is 5.92 Å². The highest BCUT2D eigenvalue weighted by Crippen LogP contribution is 2.26. The molecule has 74 valence electrons. The molecule has 0 fully saturated rings. The third-order valence-corrected chi connectivity index (χ3v) is 2.85. The van der Waals surface area contributed by atoms with Gasteiger partial charge in [-0.25, -0.2) is 0 Å². The van der Waals surface area contributed by atoms with Gasteiger partial charge in [0.25, 0.3) is 0 Å². The Hall–Kier alpha value is -1.05. The first-order valence-electron chi connectivity index (χ1n) is 4.13. The number of nitrogens with zero attached hydrogens (tertiary/aromatic N) is 1. The molecule has 0 saturated heterocycles. The van der Waals surface area contributed by atoms with Crippen LogP contribution in [0.4, 0.5) is 5.00 Å². The lowest BCUT2D eigenvalue weighted by atomic mass is 10.1. The van der Waals surface area contributed by atoms with Gasteiger partial charge >= 0.3 is 0 Å². The third-order valence-electron chi connectivity index (χ3n) is 1.70. The maximum atomic E-state index is 11.4. The van der Waals surface area contributed by atoms with Crippen LogP contribution in [0, 0.1) is 17.2 Å². The minimum Gasteiger partial charge on any atom is -0.317 e. The van der Waals surface area contributed by atoms with E-state index in [9.17, 15) is 4.79 Å². The highest BCUT2D eigenvalue weighted by molar-refractivity contribution is 7.20. The number of hydrogen-bond donors (Lipinski definition) is 1. The molecule has 5 heteroatoms. The molecule has 1 unspecified atom stereocenters. The number of carbonyl (C=O) groups excluding carboxylic acids is 1. The summed E-state index contributed by atoms with van der Waals surface area (Å²) in [6.07, 6.45) is 0.515. The van der Waals surface area contributed by atoms with Crippen LogP contribution in [0.25, 0.3) is 0 Å². The molecule has 0 saturated carbocycles. The molecule has 1 aromatic heterocycles. The van der Waals surface area contributed by atoms with Crippen molar-refractivity contribution in [3.05, 3.63) is 16.5 Å². The van der Waals surface area contributed by atoms with Crippen molar-refractivity contribution in [2.45, 2.75) is 13.3 Å². The standard InChI is InChI=1S/C9H9ClN2OS/c1-2-6(5-11)9(13)12-8-4-3-7(10)14-8/h3-4,6H,2H2,1H3,(H,12,13). The Kier molecular flexibility index (Phi) is 3.93. The highest BCUT2D eigenvalue weighted by Gasteiger charge is 2.15. The zero-order valence-electron chi connectivity index (χ0n) is 7.58. The normalized spacial score (nSPS) is 11.8. The molecule has 1 N–H and O–H groups in total. The number of nitrogens with one attached hydrogen (secondary N) is 1. The fraction of sp³-hybridized carbons (Fsp3) is 0.333. The molecule has 0 aliphatic rings. The number of halogens is 1.